The molecule has 0 spiro atoms. The van der Waals surface area contributed by atoms with Crippen molar-refractivity contribution >= 4 is 17.3 Å². The SMILES string of the molecule is NC1CCCN(c2c(F)cccc2NC(=O)c2ncc(-c3cnn(Cc4ccccn4)c3)[nH]2)C1. The van der Waals surface area contributed by atoms with E-state index >= 15 is 0 Å². The van der Waals surface area contributed by atoms with E-state index in [1.807, 2.05) is 29.3 Å². The first-order valence-corrected chi connectivity index (χ1v) is 11.1. The molecule has 1 unspecified atom stereocenters. The fourth-order valence-corrected chi connectivity index (χ4v) is 4.16. The van der Waals surface area contributed by atoms with Crippen LogP contribution in [0.25, 0.3) is 11.3 Å². The lowest BCUT2D eigenvalue weighted by atomic mass is 10.1. The number of carbonyl (C=O) groups excluding carboxylic acids is 1. The summed E-state index contributed by atoms with van der Waals surface area (Å²) in [5.41, 5.74) is 9.16. The second-order valence-corrected chi connectivity index (χ2v) is 8.33. The van der Waals surface area contributed by atoms with Crippen molar-refractivity contribution in [1.82, 2.24) is 24.7 Å². The maximum atomic E-state index is 14.7. The lowest BCUT2D eigenvalue weighted by molar-refractivity contribution is 0.101. The second-order valence-electron chi connectivity index (χ2n) is 8.33. The summed E-state index contributed by atoms with van der Waals surface area (Å²) < 4.78 is 16.5. The van der Waals surface area contributed by atoms with Crippen molar-refractivity contribution in [2.45, 2.75) is 25.4 Å². The summed E-state index contributed by atoms with van der Waals surface area (Å²) in [5.74, 6) is -0.731. The van der Waals surface area contributed by atoms with E-state index in [9.17, 15) is 9.18 Å². The van der Waals surface area contributed by atoms with Crippen LogP contribution in [0.2, 0.25) is 0 Å². The van der Waals surface area contributed by atoms with Crippen molar-refractivity contribution in [2.24, 2.45) is 5.73 Å². The number of piperidine rings is 1. The van der Waals surface area contributed by atoms with Crippen LogP contribution in [0.3, 0.4) is 0 Å². The number of imidazole rings is 1. The highest BCUT2D eigenvalue weighted by Crippen LogP contribution is 2.31. The summed E-state index contributed by atoms with van der Waals surface area (Å²) in [6.45, 7) is 1.76. The molecule has 4 aromatic rings. The second kappa shape index (κ2) is 9.44. The summed E-state index contributed by atoms with van der Waals surface area (Å²) >= 11 is 0. The van der Waals surface area contributed by atoms with Gasteiger partial charge in [-0.05, 0) is 37.1 Å². The Kier molecular flexibility index (Phi) is 6.05. The lowest BCUT2D eigenvalue weighted by Crippen LogP contribution is -2.43. The van der Waals surface area contributed by atoms with Crippen molar-refractivity contribution in [3.05, 3.63) is 78.5 Å². The van der Waals surface area contributed by atoms with Crippen molar-refractivity contribution < 1.29 is 9.18 Å². The molecule has 4 N–H and O–H groups in total. The number of H-pyrrole nitrogens is 1. The van der Waals surface area contributed by atoms with Crippen LogP contribution in [-0.4, -0.2) is 49.8 Å². The van der Waals surface area contributed by atoms with Gasteiger partial charge in [0.2, 0.25) is 0 Å². The Hall–Kier alpha value is -4.05. The minimum Gasteiger partial charge on any atom is -0.366 e. The van der Waals surface area contributed by atoms with Crippen LogP contribution in [-0.2, 0) is 6.54 Å². The first-order chi connectivity index (χ1) is 16.6. The van der Waals surface area contributed by atoms with E-state index in [0.29, 0.717) is 36.7 Å². The molecule has 0 saturated carbocycles. The zero-order chi connectivity index (χ0) is 23.5. The molecule has 0 radical (unpaired) electrons. The molecule has 9 nitrogen and oxygen atoms in total. The summed E-state index contributed by atoms with van der Waals surface area (Å²) in [6, 6.07) is 10.3. The number of amides is 1. The number of para-hydroxylation sites is 1. The van der Waals surface area contributed by atoms with Gasteiger partial charge in [0, 0.05) is 37.1 Å². The van der Waals surface area contributed by atoms with Crippen molar-refractivity contribution in [1.29, 1.82) is 0 Å². The number of nitrogens with zero attached hydrogens (tertiary/aromatic N) is 5. The molecule has 10 heteroatoms. The molecule has 1 aliphatic rings. The molecule has 3 aromatic heterocycles. The molecule has 1 amide bonds. The molecule has 1 aliphatic heterocycles. The smallest absolute Gasteiger partial charge is 0.291 e. The molecule has 1 atom stereocenters. The predicted molar refractivity (Wildman–Crippen MR) is 127 cm³/mol. The number of aromatic nitrogens is 5. The minimum atomic E-state index is -0.458. The van der Waals surface area contributed by atoms with E-state index in [2.05, 4.69) is 25.4 Å². The van der Waals surface area contributed by atoms with Gasteiger partial charge in [0.05, 0.1) is 41.7 Å². The number of hydrogen-bond acceptors (Lipinski definition) is 6. The van der Waals surface area contributed by atoms with Gasteiger partial charge < -0.3 is 20.9 Å². The van der Waals surface area contributed by atoms with Gasteiger partial charge in [-0.15, -0.1) is 0 Å². The molecule has 1 saturated heterocycles. The largest absolute Gasteiger partial charge is 0.366 e. The number of pyridine rings is 1. The molecule has 5 rings (SSSR count). The number of nitrogens with one attached hydrogen (secondary N) is 2. The number of carbonyl (C=O) groups is 1. The van der Waals surface area contributed by atoms with Crippen LogP contribution in [0.15, 0.2) is 61.2 Å². The number of anilines is 2. The Morgan fingerprint density at radius 3 is 2.94 bits per heavy atom. The maximum Gasteiger partial charge on any atom is 0.291 e. The van der Waals surface area contributed by atoms with Crippen LogP contribution in [0.5, 0.6) is 0 Å². The molecular weight excluding hydrogens is 435 g/mol. The van der Waals surface area contributed by atoms with E-state index in [4.69, 9.17) is 5.73 Å². The molecule has 1 fully saturated rings. The Morgan fingerprint density at radius 2 is 2.12 bits per heavy atom. The highest BCUT2D eigenvalue weighted by Gasteiger charge is 2.23. The monoisotopic (exact) mass is 460 g/mol. The highest BCUT2D eigenvalue weighted by molar-refractivity contribution is 6.04. The van der Waals surface area contributed by atoms with Crippen LogP contribution in [0.1, 0.15) is 29.2 Å². The van der Waals surface area contributed by atoms with Crippen molar-refractivity contribution in [2.75, 3.05) is 23.3 Å². The predicted octanol–water partition coefficient (Wildman–Crippen LogP) is 3.04. The van der Waals surface area contributed by atoms with Crippen molar-refractivity contribution in [3.8, 4) is 11.3 Å². The van der Waals surface area contributed by atoms with Gasteiger partial charge in [-0.3, -0.25) is 14.5 Å². The summed E-state index contributed by atoms with van der Waals surface area (Å²) in [7, 11) is 0. The van der Waals surface area contributed by atoms with Gasteiger partial charge in [0.1, 0.15) is 5.82 Å². The lowest BCUT2D eigenvalue weighted by Gasteiger charge is -2.34. The Bertz CT molecular complexity index is 1290. The van der Waals surface area contributed by atoms with Gasteiger partial charge in [-0.25, -0.2) is 9.37 Å². The van der Waals surface area contributed by atoms with Gasteiger partial charge in [0.15, 0.2) is 5.82 Å². The number of halogens is 1. The van der Waals surface area contributed by atoms with Gasteiger partial charge in [0.25, 0.3) is 5.91 Å². The van der Waals surface area contributed by atoms with Gasteiger partial charge in [-0.2, -0.15) is 5.10 Å². The molecule has 1 aromatic carbocycles. The first kappa shape index (κ1) is 21.8. The Balaban J connectivity index is 1.31. The van der Waals surface area contributed by atoms with E-state index in [0.717, 1.165) is 24.1 Å². The fraction of sp³-hybridized carbons (Fsp3) is 0.250. The summed E-state index contributed by atoms with van der Waals surface area (Å²) in [5, 5.41) is 7.16. The Morgan fingerprint density at radius 1 is 1.21 bits per heavy atom. The third kappa shape index (κ3) is 4.67. The van der Waals surface area contributed by atoms with Crippen LogP contribution in [0, 0.1) is 5.82 Å². The number of hydrogen-bond donors (Lipinski definition) is 3. The topological polar surface area (TPSA) is 118 Å². The molecule has 34 heavy (non-hydrogen) atoms. The third-order valence-electron chi connectivity index (χ3n) is 5.79. The zero-order valence-corrected chi connectivity index (χ0v) is 18.5. The molecule has 0 bridgehead atoms. The molecular formula is C24H25FN8O. The van der Waals surface area contributed by atoms with E-state index in [-0.39, 0.29) is 11.9 Å². The average molecular weight is 461 g/mol. The van der Waals surface area contributed by atoms with Crippen LogP contribution in [0.4, 0.5) is 15.8 Å². The van der Waals surface area contributed by atoms with E-state index in [1.54, 1.807) is 35.4 Å². The van der Waals surface area contributed by atoms with Crippen LogP contribution < -0.4 is 16.0 Å². The third-order valence-corrected chi connectivity index (χ3v) is 5.79. The normalized spacial score (nSPS) is 15.9. The standard InChI is InChI=1S/C24H25FN8O/c25-19-7-3-8-20(22(19)32-10-4-5-17(26)14-32)31-24(34)23-28-12-21(30-23)16-11-29-33(13-16)15-18-6-1-2-9-27-18/h1-3,6-9,11-13,17H,4-5,10,14-15,26H2,(H,28,30)(H,31,34). The number of aromatic amines is 1. The van der Waals surface area contributed by atoms with E-state index < -0.39 is 11.7 Å². The summed E-state index contributed by atoms with van der Waals surface area (Å²) in [4.78, 5) is 26.4. The maximum absolute atomic E-state index is 14.7. The van der Waals surface area contributed by atoms with Gasteiger partial charge in [-0.1, -0.05) is 12.1 Å². The number of rotatable bonds is 6. The summed E-state index contributed by atoms with van der Waals surface area (Å²) in [6.07, 6.45) is 8.64. The quantitative estimate of drug-likeness (QED) is 0.407. The zero-order valence-electron chi connectivity index (χ0n) is 18.5. The average Bonchev–Trinajstić information content (AvgIpc) is 3.50. The van der Waals surface area contributed by atoms with Crippen molar-refractivity contribution in [3.63, 3.8) is 0 Å². The van der Waals surface area contributed by atoms with Crippen LogP contribution >= 0.6 is 0 Å². The minimum absolute atomic E-state index is 0.0249. The molecule has 4 heterocycles. The van der Waals surface area contributed by atoms with E-state index in [1.165, 1.54) is 6.07 Å². The first-order valence-electron chi connectivity index (χ1n) is 11.1. The van der Waals surface area contributed by atoms with Gasteiger partial charge >= 0.3 is 0 Å². The number of nitrogens with two attached hydrogens (primary N) is 1. The Labute approximate surface area is 195 Å². The highest BCUT2D eigenvalue weighted by atomic mass is 19.1. The fourth-order valence-electron chi connectivity index (χ4n) is 4.16. The molecule has 174 valence electrons. The molecule has 0 aliphatic carbocycles. The number of benzene rings is 1.